The van der Waals surface area contributed by atoms with Crippen molar-refractivity contribution in [1.29, 1.82) is 0 Å². The molecular weight excluding hydrogens is 376 g/mol. The minimum atomic E-state index is -1.27. The van der Waals surface area contributed by atoms with Gasteiger partial charge in [0.15, 0.2) is 0 Å². The van der Waals surface area contributed by atoms with Crippen LogP contribution in [0.15, 0.2) is 36.4 Å². The Hall–Kier alpha value is -3.94. The zero-order chi connectivity index (χ0) is 20.7. The van der Waals surface area contributed by atoms with E-state index in [9.17, 15) is 25.1 Å². The molecule has 0 amide bonds. The van der Waals surface area contributed by atoms with Crippen molar-refractivity contribution in [3.05, 3.63) is 68.9 Å². The van der Waals surface area contributed by atoms with Gasteiger partial charge in [-0.1, -0.05) is 18.2 Å². The minimum absolute atomic E-state index is 0.118. The first-order valence-electron chi connectivity index (χ1n) is 8.78. The van der Waals surface area contributed by atoms with Gasteiger partial charge in [-0.2, -0.15) is 0 Å². The number of fused-ring (bicyclic) bond motifs is 2. The molecule has 1 aliphatic rings. The summed E-state index contributed by atoms with van der Waals surface area (Å²) in [5.74, 6) is -2.20. The molecule has 2 aromatic carbocycles. The summed E-state index contributed by atoms with van der Waals surface area (Å²) in [6, 6.07) is 9.51. The highest BCUT2D eigenvalue weighted by atomic mass is 16.6. The van der Waals surface area contributed by atoms with Crippen molar-refractivity contribution < 1.29 is 24.7 Å². The Kier molecular flexibility index (Phi) is 4.38. The molecular formula is C21H14N2O6-2. The second-order valence-electron chi connectivity index (χ2n) is 6.62. The van der Waals surface area contributed by atoms with E-state index < -0.39 is 22.3 Å². The van der Waals surface area contributed by atoms with Crippen LogP contribution in [0.25, 0.3) is 22.6 Å². The van der Waals surface area contributed by atoms with Crippen LogP contribution < -0.4 is 14.9 Å². The number of pyridine rings is 1. The molecule has 0 radical (unpaired) electrons. The van der Waals surface area contributed by atoms with E-state index in [0.717, 1.165) is 5.57 Å². The summed E-state index contributed by atoms with van der Waals surface area (Å²) in [5, 5.41) is 35.5. The van der Waals surface area contributed by atoms with Gasteiger partial charge in [0.2, 0.25) is 0 Å². The molecule has 8 nitrogen and oxygen atoms in total. The van der Waals surface area contributed by atoms with E-state index in [4.69, 9.17) is 4.74 Å². The summed E-state index contributed by atoms with van der Waals surface area (Å²) < 4.78 is 4.97. The zero-order valence-electron chi connectivity index (χ0n) is 15.3. The predicted octanol–water partition coefficient (Wildman–Crippen LogP) is 2.08. The average molecular weight is 390 g/mol. The average Bonchev–Trinajstić information content (AvgIpc) is 3.08. The molecule has 0 atom stereocenters. The second-order valence-corrected chi connectivity index (χ2v) is 6.62. The molecule has 0 unspecified atom stereocenters. The Bertz CT molecular complexity index is 1220. The van der Waals surface area contributed by atoms with Crippen LogP contribution in [0.5, 0.6) is 11.5 Å². The van der Waals surface area contributed by atoms with Crippen molar-refractivity contribution in [3.63, 3.8) is 0 Å². The Morgan fingerprint density at radius 2 is 2.00 bits per heavy atom. The first kappa shape index (κ1) is 18.4. The number of benzene rings is 2. The largest absolute Gasteiger partial charge is 0.865 e. The van der Waals surface area contributed by atoms with E-state index in [2.05, 4.69) is 4.98 Å². The monoisotopic (exact) mass is 390 g/mol. The van der Waals surface area contributed by atoms with Crippen molar-refractivity contribution in [3.8, 4) is 11.5 Å². The highest BCUT2D eigenvalue weighted by molar-refractivity contribution is 6.05. The van der Waals surface area contributed by atoms with Gasteiger partial charge in [0, 0.05) is 22.8 Å². The second kappa shape index (κ2) is 6.90. The molecule has 1 aliphatic carbocycles. The fourth-order valence-corrected chi connectivity index (χ4v) is 3.69. The normalized spacial score (nSPS) is 14.2. The molecule has 1 heterocycles. The molecule has 1 aromatic heterocycles. The Morgan fingerprint density at radius 1 is 1.24 bits per heavy atom. The number of nitro groups is 1. The number of carbonyl (C=O) groups is 1. The van der Waals surface area contributed by atoms with E-state index in [1.54, 1.807) is 30.3 Å². The third kappa shape index (κ3) is 3.04. The van der Waals surface area contributed by atoms with Gasteiger partial charge in [-0.25, -0.2) is 4.98 Å². The number of rotatable bonds is 4. The SMILES string of the molecule is COc1cc(/C=C2\CCc3c2nc2ccccc2c3C(=O)[O-])cc([N+](=O)[O-])c1[O-]. The Labute approximate surface area is 164 Å². The van der Waals surface area contributed by atoms with Gasteiger partial charge in [0.25, 0.3) is 5.69 Å². The number of ether oxygens (including phenoxy) is 1. The van der Waals surface area contributed by atoms with Crippen LogP contribution in [0, 0.1) is 10.1 Å². The standard InChI is InChI=1S/C21H16N2O6/c1-29-17-10-11(9-16(20(17)24)23(27)28)8-12-6-7-14-18(21(25)26)13-4-2-3-5-15(13)22-19(12)14/h2-5,8-10,24H,6-7H2,1H3,(H,25,26)/p-2/b12-8+. The van der Waals surface area contributed by atoms with E-state index >= 15 is 0 Å². The maximum atomic E-state index is 12.0. The van der Waals surface area contributed by atoms with Crippen molar-refractivity contribution >= 4 is 34.2 Å². The van der Waals surface area contributed by atoms with Gasteiger partial charge in [-0.05, 0) is 47.8 Å². The first-order chi connectivity index (χ1) is 13.9. The van der Waals surface area contributed by atoms with Gasteiger partial charge >= 0.3 is 0 Å². The molecule has 0 spiro atoms. The maximum absolute atomic E-state index is 12.0. The third-order valence-electron chi connectivity index (χ3n) is 4.96. The fraction of sp³-hybridized carbons (Fsp3) is 0.143. The molecule has 0 aliphatic heterocycles. The van der Waals surface area contributed by atoms with Gasteiger partial charge in [0.1, 0.15) is 5.75 Å². The number of methoxy groups -OCH3 is 1. The molecule has 3 aromatic rings. The number of hydrogen-bond donors (Lipinski definition) is 0. The third-order valence-corrected chi connectivity index (χ3v) is 4.96. The van der Waals surface area contributed by atoms with E-state index in [0.29, 0.717) is 40.6 Å². The summed E-state index contributed by atoms with van der Waals surface area (Å²) in [7, 11) is 1.27. The predicted molar refractivity (Wildman–Crippen MR) is 101 cm³/mol. The number of carbonyl (C=O) groups excluding carboxylic acids is 1. The van der Waals surface area contributed by atoms with Crippen LogP contribution >= 0.6 is 0 Å². The van der Waals surface area contributed by atoms with Crippen molar-refractivity contribution in [1.82, 2.24) is 4.98 Å². The van der Waals surface area contributed by atoms with Crippen LogP contribution in [0.3, 0.4) is 0 Å². The number of hydrogen-bond acceptors (Lipinski definition) is 7. The summed E-state index contributed by atoms with van der Waals surface area (Å²) in [6.07, 6.45) is 2.64. The number of para-hydroxylation sites is 1. The quantitative estimate of drug-likeness (QED) is 0.492. The lowest BCUT2D eigenvalue weighted by Gasteiger charge is -2.14. The van der Waals surface area contributed by atoms with Gasteiger partial charge in [-0.15, -0.1) is 0 Å². The Balaban J connectivity index is 1.91. The van der Waals surface area contributed by atoms with Gasteiger partial charge in [0.05, 0.1) is 29.2 Å². The lowest BCUT2D eigenvalue weighted by atomic mass is 10.0. The highest BCUT2D eigenvalue weighted by Crippen LogP contribution is 2.39. The summed E-state index contributed by atoms with van der Waals surface area (Å²) in [4.78, 5) is 26.8. The topological polar surface area (TPSA) is 128 Å². The summed E-state index contributed by atoms with van der Waals surface area (Å²) in [6.45, 7) is 0. The molecule has 0 saturated heterocycles. The summed E-state index contributed by atoms with van der Waals surface area (Å²) >= 11 is 0. The van der Waals surface area contributed by atoms with Crippen molar-refractivity contribution in [2.24, 2.45) is 0 Å². The number of aromatic nitrogens is 1. The van der Waals surface area contributed by atoms with Gasteiger partial charge < -0.3 is 19.7 Å². The van der Waals surface area contributed by atoms with E-state index in [1.807, 2.05) is 0 Å². The summed E-state index contributed by atoms with van der Waals surface area (Å²) in [5.41, 5.74) is 2.29. The lowest BCUT2D eigenvalue weighted by Crippen LogP contribution is -2.24. The highest BCUT2D eigenvalue weighted by Gasteiger charge is 2.24. The molecule has 0 saturated carbocycles. The number of carboxylic acids is 1. The molecule has 0 N–H and O–H groups in total. The number of nitrogens with zero attached hydrogens (tertiary/aromatic N) is 2. The van der Waals surface area contributed by atoms with Crippen LogP contribution in [0.2, 0.25) is 0 Å². The number of aromatic carboxylic acids is 1. The molecule has 146 valence electrons. The van der Waals surface area contributed by atoms with Crippen LogP contribution in [0.4, 0.5) is 5.69 Å². The van der Waals surface area contributed by atoms with Crippen LogP contribution in [0.1, 0.15) is 33.6 Å². The van der Waals surface area contributed by atoms with Crippen LogP contribution in [-0.2, 0) is 6.42 Å². The minimum Gasteiger partial charge on any atom is -0.865 e. The molecule has 0 bridgehead atoms. The number of nitro benzene ring substituents is 1. The van der Waals surface area contributed by atoms with Gasteiger partial charge in [-0.3, -0.25) is 10.1 Å². The van der Waals surface area contributed by atoms with Crippen LogP contribution in [-0.4, -0.2) is 23.0 Å². The Morgan fingerprint density at radius 3 is 2.69 bits per heavy atom. The smallest absolute Gasteiger partial charge is 0.266 e. The maximum Gasteiger partial charge on any atom is 0.266 e. The number of carboxylic acid groups (broad SMARTS) is 1. The first-order valence-corrected chi connectivity index (χ1v) is 8.78. The molecule has 29 heavy (non-hydrogen) atoms. The van der Waals surface area contributed by atoms with E-state index in [1.165, 1.54) is 19.2 Å². The molecule has 8 heteroatoms. The molecule has 0 fully saturated rings. The zero-order valence-corrected chi connectivity index (χ0v) is 15.3. The van der Waals surface area contributed by atoms with Crippen molar-refractivity contribution in [2.75, 3.05) is 7.11 Å². The van der Waals surface area contributed by atoms with E-state index in [-0.39, 0.29) is 11.3 Å². The number of allylic oxidation sites excluding steroid dienone is 1. The fourth-order valence-electron chi connectivity index (χ4n) is 3.69. The molecule has 4 rings (SSSR count). The van der Waals surface area contributed by atoms with Crippen molar-refractivity contribution in [2.45, 2.75) is 12.8 Å². The lowest BCUT2D eigenvalue weighted by molar-refractivity contribution is -0.398.